The lowest BCUT2D eigenvalue weighted by atomic mass is 9.82. The molecule has 2 aromatic carbocycles. The molecule has 0 N–H and O–H groups in total. The molecular weight excluding hydrogens is 356 g/mol. The van der Waals surface area contributed by atoms with Crippen LogP contribution in [0.5, 0.6) is 0 Å². The minimum Gasteiger partial charge on any atom is -0.326 e. The standard InChI is InChI=1S/C25H26N4/c26-14-17-4-7-19(8-5-17)20-9-11-24-23(13-20)27-25-12-18-6-10-22(16-29(24)25)28(15-18)21-2-1-3-21/h4-5,7-9,11,13,18,21-22H,1-3,6,10,12,15-16H2/t18-,22-/m1/s1. The molecule has 0 unspecified atom stereocenters. The summed E-state index contributed by atoms with van der Waals surface area (Å²) in [7, 11) is 0. The van der Waals surface area contributed by atoms with Crippen LogP contribution in [0.4, 0.5) is 0 Å². The maximum Gasteiger partial charge on any atom is 0.110 e. The molecule has 1 saturated carbocycles. The van der Waals surface area contributed by atoms with Crippen molar-refractivity contribution < 1.29 is 0 Å². The van der Waals surface area contributed by atoms with Gasteiger partial charge in [0.25, 0.3) is 0 Å². The molecule has 0 amide bonds. The van der Waals surface area contributed by atoms with Crippen LogP contribution in [-0.4, -0.2) is 33.1 Å². The third-order valence-electron chi connectivity index (χ3n) is 7.43. The van der Waals surface area contributed by atoms with Crippen molar-refractivity contribution in [3.05, 3.63) is 53.9 Å². The average molecular weight is 383 g/mol. The first-order valence-corrected chi connectivity index (χ1v) is 11.0. The second kappa shape index (κ2) is 6.71. The van der Waals surface area contributed by atoms with Gasteiger partial charge in [0, 0.05) is 31.6 Å². The first-order valence-electron chi connectivity index (χ1n) is 11.0. The summed E-state index contributed by atoms with van der Waals surface area (Å²) in [5.74, 6) is 2.03. The second-order valence-corrected chi connectivity index (χ2v) is 9.11. The van der Waals surface area contributed by atoms with Gasteiger partial charge in [0.1, 0.15) is 5.82 Å². The molecule has 2 bridgehead atoms. The van der Waals surface area contributed by atoms with E-state index < -0.39 is 0 Å². The molecule has 7 rings (SSSR count). The molecular formula is C25H26N4. The highest BCUT2D eigenvalue weighted by Crippen LogP contribution is 2.37. The maximum atomic E-state index is 9.03. The lowest BCUT2D eigenvalue weighted by Gasteiger charge is -2.49. The molecule has 3 aromatic rings. The monoisotopic (exact) mass is 382 g/mol. The highest BCUT2D eigenvalue weighted by molar-refractivity contribution is 5.82. The summed E-state index contributed by atoms with van der Waals surface area (Å²) in [5, 5.41) is 9.03. The molecule has 4 nitrogen and oxygen atoms in total. The third-order valence-corrected chi connectivity index (χ3v) is 7.43. The lowest BCUT2D eigenvalue weighted by Crippen LogP contribution is -2.54. The summed E-state index contributed by atoms with van der Waals surface area (Å²) in [6.07, 6.45) is 8.01. The van der Waals surface area contributed by atoms with E-state index in [1.54, 1.807) is 0 Å². The van der Waals surface area contributed by atoms with E-state index in [2.05, 4.69) is 33.7 Å². The van der Waals surface area contributed by atoms with Crippen LogP contribution in [0, 0.1) is 17.2 Å². The summed E-state index contributed by atoms with van der Waals surface area (Å²) in [6.45, 7) is 2.36. The van der Waals surface area contributed by atoms with E-state index in [-0.39, 0.29) is 0 Å². The number of nitrogens with zero attached hydrogens (tertiary/aromatic N) is 4. The zero-order chi connectivity index (χ0) is 19.4. The number of imidazole rings is 1. The van der Waals surface area contributed by atoms with Crippen molar-refractivity contribution in [2.24, 2.45) is 5.92 Å². The van der Waals surface area contributed by atoms with Gasteiger partial charge in [0.05, 0.1) is 22.7 Å². The van der Waals surface area contributed by atoms with Gasteiger partial charge < -0.3 is 4.57 Å². The second-order valence-electron chi connectivity index (χ2n) is 9.11. The van der Waals surface area contributed by atoms with Crippen molar-refractivity contribution in [3.63, 3.8) is 0 Å². The molecule has 1 aromatic heterocycles. The fourth-order valence-electron chi connectivity index (χ4n) is 5.59. The van der Waals surface area contributed by atoms with Gasteiger partial charge in [0.2, 0.25) is 0 Å². The van der Waals surface area contributed by atoms with Crippen molar-refractivity contribution in [2.45, 2.75) is 57.2 Å². The third kappa shape index (κ3) is 2.88. The Morgan fingerprint density at radius 3 is 2.48 bits per heavy atom. The first kappa shape index (κ1) is 17.2. The SMILES string of the molecule is N#Cc1ccc(-c2ccc3c(c2)nc2n3C[C@H]3CC[C@H](C2)CN3C2CCC2)cc1. The van der Waals surface area contributed by atoms with Crippen LogP contribution in [0.3, 0.4) is 0 Å². The molecule has 4 heterocycles. The van der Waals surface area contributed by atoms with Gasteiger partial charge in [-0.1, -0.05) is 24.6 Å². The first-order chi connectivity index (χ1) is 14.3. The molecule has 1 aliphatic carbocycles. The maximum absolute atomic E-state index is 9.03. The number of aromatic nitrogens is 2. The largest absolute Gasteiger partial charge is 0.326 e. The number of nitriles is 1. The lowest BCUT2D eigenvalue weighted by molar-refractivity contribution is 0.0131. The van der Waals surface area contributed by atoms with Gasteiger partial charge >= 0.3 is 0 Å². The van der Waals surface area contributed by atoms with Crippen molar-refractivity contribution in [3.8, 4) is 17.2 Å². The van der Waals surface area contributed by atoms with Crippen LogP contribution in [-0.2, 0) is 13.0 Å². The van der Waals surface area contributed by atoms with E-state index >= 15 is 0 Å². The quantitative estimate of drug-likeness (QED) is 0.642. The molecule has 0 spiro atoms. The van der Waals surface area contributed by atoms with E-state index in [1.807, 2.05) is 24.3 Å². The number of fused-ring (bicyclic) bond motifs is 3. The number of benzene rings is 2. The van der Waals surface area contributed by atoms with Gasteiger partial charge in [-0.15, -0.1) is 0 Å². The van der Waals surface area contributed by atoms with Gasteiger partial charge in [-0.3, -0.25) is 4.90 Å². The van der Waals surface area contributed by atoms with E-state index in [9.17, 15) is 0 Å². The van der Waals surface area contributed by atoms with Crippen LogP contribution in [0.15, 0.2) is 42.5 Å². The molecule has 29 heavy (non-hydrogen) atoms. The Hall–Kier alpha value is -2.64. The molecule has 2 fully saturated rings. The highest BCUT2D eigenvalue weighted by Gasteiger charge is 2.38. The molecule has 1 saturated heterocycles. The van der Waals surface area contributed by atoms with Crippen LogP contribution in [0.1, 0.15) is 43.5 Å². The zero-order valence-corrected chi connectivity index (χ0v) is 16.7. The fraction of sp³-hybridized carbons (Fsp3) is 0.440. The minimum absolute atomic E-state index is 0.672. The molecule has 4 heteroatoms. The summed E-state index contributed by atoms with van der Waals surface area (Å²) >= 11 is 0. The van der Waals surface area contributed by atoms with Gasteiger partial charge in [-0.25, -0.2) is 4.98 Å². The highest BCUT2D eigenvalue weighted by atomic mass is 15.2. The summed E-state index contributed by atoms with van der Waals surface area (Å²) < 4.78 is 2.51. The molecule has 3 aliphatic heterocycles. The van der Waals surface area contributed by atoms with E-state index in [4.69, 9.17) is 10.2 Å². The van der Waals surface area contributed by atoms with E-state index in [0.29, 0.717) is 11.6 Å². The predicted octanol–water partition coefficient (Wildman–Crippen LogP) is 4.76. The molecule has 2 atom stereocenters. The Morgan fingerprint density at radius 1 is 0.897 bits per heavy atom. The summed E-state index contributed by atoms with van der Waals surface area (Å²) in [4.78, 5) is 7.93. The van der Waals surface area contributed by atoms with Crippen molar-refractivity contribution >= 4 is 11.0 Å². The van der Waals surface area contributed by atoms with Crippen LogP contribution < -0.4 is 0 Å². The zero-order valence-electron chi connectivity index (χ0n) is 16.7. The number of rotatable bonds is 2. The summed E-state index contributed by atoms with van der Waals surface area (Å²) in [6, 6.07) is 18.2. The van der Waals surface area contributed by atoms with Crippen molar-refractivity contribution in [1.29, 1.82) is 5.26 Å². The molecule has 146 valence electrons. The topological polar surface area (TPSA) is 44.9 Å². The number of piperidine rings is 1. The number of hydrogen-bond acceptors (Lipinski definition) is 3. The van der Waals surface area contributed by atoms with Crippen LogP contribution in [0.2, 0.25) is 0 Å². The Labute approximate surface area is 171 Å². The Kier molecular flexibility index (Phi) is 3.99. The van der Waals surface area contributed by atoms with Crippen molar-refractivity contribution in [2.75, 3.05) is 6.54 Å². The Morgan fingerprint density at radius 2 is 1.72 bits per heavy atom. The van der Waals surface area contributed by atoms with E-state index in [0.717, 1.165) is 36.0 Å². The Bertz CT molecular complexity index is 1100. The smallest absolute Gasteiger partial charge is 0.110 e. The minimum atomic E-state index is 0.672. The van der Waals surface area contributed by atoms with Crippen molar-refractivity contribution in [1.82, 2.24) is 14.5 Å². The number of hydrogen-bond donors (Lipinski definition) is 0. The molecule has 0 radical (unpaired) electrons. The van der Waals surface area contributed by atoms with Crippen LogP contribution in [0.25, 0.3) is 22.2 Å². The van der Waals surface area contributed by atoms with Gasteiger partial charge in [-0.2, -0.15) is 5.26 Å². The van der Waals surface area contributed by atoms with Gasteiger partial charge in [-0.05, 0) is 67.0 Å². The normalized spacial score (nSPS) is 24.5. The molecule has 4 aliphatic rings. The van der Waals surface area contributed by atoms with Gasteiger partial charge in [0.15, 0.2) is 0 Å². The predicted molar refractivity (Wildman–Crippen MR) is 114 cm³/mol. The summed E-state index contributed by atoms with van der Waals surface area (Å²) in [5.41, 5.74) is 5.40. The Balaban J connectivity index is 1.37. The van der Waals surface area contributed by atoms with E-state index in [1.165, 1.54) is 55.6 Å². The average Bonchev–Trinajstić information content (AvgIpc) is 3.01. The van der Waals surface area contributed by atoms with Crippen LogP contribution >= 0.6 is 0 Å². The fourth-order valence-corrected chi connectivity index (χ4v) is 5.59.